The number of hydrogen-bond acceptors (Lipinski definition) is 7. The lowest BCUT2D eigenvalue weighted by atomic mass is 10.3. The average molecular weight is 411 g/mol. The molecule has 2 aromatic heterocycles. The van der Waals surface area contributed by atoms with Gasteiger partial charge < -0.3 is 16.0 Å². The number of carbonyl (C=O) groups excluding carboxylic acids is 2. The van der Waals surface area contributed by atoms with E-state index >= 15 is 0 Å². The highest BCUT2D eigenvalue weighted by Gasteiger charge is 2.31. The molecule has 3 heterocycles. The van der Waals surface area contributed by atoms with Crippen LogP contribution in [0.4, 0.5) is 22.1 Å². The van der Waals surface area contributed by atoms with E-state index in [1.807, 2.05) is 6.92 Å². The SMILES string of the molecule is C=NN(/C=C(\C)CN)c1cccc(C(=O)Nc2cn(C)nc2N2CCN(C)C2=O)n1. The van der Waals surface area contributed by atoms with Gasteiger partial charge in [0, 0.05) is 46.6 Å². The number of anilines is 3. The van der Waals surface area contributed by atoms with E-state index in [2.05, 4.69) is 27.2 Å². The normalized spacial score (nSPS) is 14.3. The van der Waals surface area contributed by atoms with Crippen molar-refractivity contribution in [3.05, 3.63) is 41.9 Å². The largest absolute Gasteiger partial charge is 0.327 e. The number of rotatable bonds is 7. The molecule has 0 radical (unpaired) electrons. The fourth-order valence-electron chi connectivity index (χ4n) is 2.91. The summed E-state index contributed by atoms with van der Waals surface area (Å²) in [5, 5.41) is 12.5. The standard InChI is InChI=1S/C19H25N9O2/c1-13(10-20)11-28(21-2)16-7-5-6-14(22-16)18(29)23-15-12-26(4)24-17(15)27-9-8-25(3)19(27)30/h5-7,11-12H,2,8-10,20H2,1,3-4H3,(H,23,29)/b13-11+. The average Bonchev–Trinajstić information content (AvgIpc) is 3.27. The number of urea groups is 1. The van der Waals surface area contributed by atoms with Crippen molar-refractivity contribution < 1.29 is 9.59 Å². The van der Waals surface area contributed by atoms with Crippen LogP contribution in [-0.2, 0) is 7.05 Å². The molecular weight excluding hydrogens is 386 g/mol. The van der Waals surface area contributed by atoms with E-state index in [9.17, 15) is 9.59 Å². The molecule has 0 unspecified atom stereocenters. The maximum absolute atomic E-state index is 12.9. The maximum Gasteiger partial charge on any atom is 0.325 e. The Kier molecular flexibility index (Phi) is 6.11. The molecule has 0 bridgehead atoms. The highest BCUT2D eigenvalue weighted by Crippen LogP contribution is 2.27. The highest BCUT2D eigenvalue weighted by molar-refractivity contribution is 6.06. The molecule has 1 aliphatic rings. The minimum absolute atomic E-state index is 0.168. The van der Waals surface area contributed by atoms with E-state index in [-0.39, 0.29) is 11.7 Å². The first-order chi connectivity index (χ1) is 14.3. The van der Waals surface area contributed by atoms with Crippen LogP contribution in [0.2, 0.25) is 0 Å². The highest BCUT2D eigenvalue weighted by atomic mass is 16.2. The second-order valence-electron chi connectivity index (χ2n) is 6.90. The van der Waals surface area contributed by atoms with Crippen molar-refractivity contribution in [3.8, 4) is 0 Å². The Labute approximate surface area is 174 Å². The monoisotopic (exact) mass is 411 g/mol. The zero-order valence-corrected chi connectivity index (χ0v) is 17.2. The van der Waals surface area contributed by atoms with Gasteiger partial charge in [-0.2, -0.15) is 10.2 Å². The van der Waals surface area contributed by atoms with Crippen LogP contribution in [0.3, 0.4) is 0 Å². The summed E-state index contributed by atoms with van der Waals surface area (Å²) < 4.78 is 1.55. The Hall–Kier alpha value is -3.73. The number of aryl methyl sites for hydroxylation is 1. The van der Waals surface area contributed by atoms with Crippen LogP contribution in [0.1, 0.15) is 17.4 Å². The third-order valence-corrected chi connectivity index (χ3v) is 4.55. The van der Waals surface area contributed by atoms with Gasteiger partial charge >= 0.3 is 6.03 Å². The van der Waals surface area contributed by atoms with E-state index in [1.165, 1.54) is 9.91 Å². The molecule has 0 aliphatic carbocycles. The Bertz CT molecular complexity index is 998. The van der Waals surface area contributed by atoms with Crippen molar-refractivity contribution in [2.45, 2.75) is 6.92 Å². The number of hydrogen-bond donors (Lipinski definition) is 2. The van der Waals surface area contributed by atoms with Crippen molar-refractivity contribution in [3.63, 3.8) is 0 Å². The van der Waals surface area contributed by atoms with Crippen LogP contribution in [0.5, 0.6) is 0 Å². The number of pyridine rings is 1. The molecule has 158 valence electrons. The Morgan fingerprint density at radius 2 is 2.17 bits per heavy atom. The number of carbonyl (C=O) groups is 2. The van der Waals surface area contributed by atoms with E-state index in [0.29, 0.717) is 37.0 Å². The summed E-state index contributed by atoms with van der Waals surface area (Å²) in [5.74, 6) is 0.384. The quantitative estimate of drug-likeness (QED) is 0.521. The molecule has 11 nitrogen and oxygen atoms in total. The van der Waals surface area contributed by atoms with Crippen molar-refractivity contribution in [2.24, 2.45) is 17.9 Å². The van der Waals surface area contributed by atoms with Gasteiger partial charge in [-0.3, -0.25) is 14.4 Å². The van der Waals surface area contributed by atoms with Crippen molar-refractivity contribution in [1.82, 2.24) is 19.7 Å². The summed E-state index contributed by atoms with van der Waals surface area (Å²) in [5.41, 5.74) is 7.10. The molecule has 3 rings (SSSR count). The predicted octanol–water partition coefficient (Wildman–Crippen LogP) is 1.22. The van der Waals surface area contributed by atoms with Gasteiger partial charge in [0.15, 0.2) is 11.6 Å². The summed E-state index contributed by atoms with van der Waals surface area (Å²) in [6.07, 6.45) is 3.35. The first-order valence-corrected chi connectivity index (χ1v) is 9.32. The summed E-state index contributed by atoms with van der Waals surface area (Å²) in [6.45, 7) is 6.84. The van der Waals surface area contributed by atoms with Gasteiger partial charge in [0.2, 0.25) is 0 Å². The maximum atomic E-state index is 12.9. The summed E-state index contributed by atoms with van der Waals surface area (Å²) >= 11 is 0. The molecule has 3 N–H and O–H groups in total. The summed E-state index contributed by atoms with van der Waals surface area (Å²) in [4.78, 5) is 32.7. The first kappa shape index (κ1) is 21.0. The Morgan fingerprint density at radius 3 is 2.80 bits per heavy atom. The van der Waals surface area contributed by atoms with Crippen LogP contribution >= 0.6 is 0 Å². The van der Waals surface area contributed by atoms with Gasteiger partial charge in [0.05, 0.1) is 6.20 Å². The van der Waals surface area contributed by atoms with Crippen molar-refractivity contribution in [2.75, 3.05) is 41.9 Å². The lowest BCUT2D eigenvalue weighted by Crippen LogP contribution is -2.30. The third kappa shape index (κ3) is 4.30. The topological polar surface area (TPSA) is 125 Å². The van der Waals surface area contributed by atoms with Crippen LogP contribution in [0.15, 0.2) is 41.3 Å². The molecule has 2 aromatic rings. The zero-order chi connectivity index (χ0) is 21.8. The van der Waals surface area contributed by atoms with Gasteiger partial charge in [-0.1, -0.05) is 6.07 Å². The van der Waals surface area contributed by atoms with Gasteiger partial charge in [0.1, 0.15) is 11.4 Å². The third-order valence-electron chi connectivity index (χ3n) is 4.55. The lowest BCUT2D eigenvalue weighted by molar-refractivity contribution is 0.102. The van der Waals surface area contributed by atoms with Crippen LogP contribution in [0.25, 0.3) is 0 Å². The molecule has 0 saturated carbocycles. The van der Waals surface area contributed by atoms with Crippen LogP contribution < -0.4 is 21.0 Å². The molecular formula is C19H25N9O2. The summed E-state index contributed by atoms with van der Waals surface area (Å²) in [6, 6.07) is 4.83. The van der Waals surface area contributed by atoms with E-state index in [0.717, 1.165) is 5.57 Å². The Balaban J connectivity index is 1.84. The molecule has 1 aliphatic heterocycles. The second kappa shape index (κ2) is 8.74. The van der Waals surface area contributed by atoms with Gasteiger partial charge in [-0.05, 0) is 24.6 Å². The Morgan fingerprint density at radius 1 is 1.40 bits per heavy atom. The molecule has 0 atom stereocenters. The van der Waals surface area contributed by atoms with Gasteiger partial charge in [-0.25, -0.2) is 14.8 Å². The molecule has 30 heavy (non-hydrogen) atoms. The van der Waals surface area contributed by atoms with Crippen molar-refractivity contribution >= 4 is 36.0 Å². The number of hydrazone groups is 1. The van der Waals surface area contributed by atoms with E-state index in [4.69, 9.17) is 5.73 Å². The molecule has 3 amide bonds. The van der Waals surface area contributed by atoms with Gasteiger partial charge in [-0.15, -0.1) is 0 Å². The zero-order valence-electron chi connectivity index (χ0n) is 17.2. The van der Waals surface area contributed by atoms with E-state index in [1.54, 1.807) is 54.3 Å². The molecule has 11 heteroatoms. The number of nitrogens with one attached hydrogen (secondary N) is 1. The lowest BCUT2D eigenvalue weighted by Gasteiger charge is -2.16. The number of aromatic nitrogens is 3. The predicted molar refractivity (Wildman–Crippen MR) is 116 cm³/mol. The van der Waals surface area contributed by atoms with E-state index < -0.39 is 5.91 Å². The number of amides is 3. The molecule has 0 spiro atoms. The number of nitrogens with two attached hydrogens (primary N) is 1. The number of likely N-dealkylation sites (N-methyl/N-ethyl adjacent to an activating group) is 1. The molecule has 1 fully saturated rings. The van der Waals surface area contributed by atoms with Gasteiger partial charge in [0.25, 0.3) is 5.91 Å². The van der Waals surface area contributed by atoms with Crippen molar-refractivity contribution in [1.29, 1.82) is 0 Å². The first-order valence-electron chi connectivity index (χ1n) is 9.32. The second-order valence-corrected chi connectivity index (χ2v) is 6.90. The number of nitrogens with zero attached hydrogens (tertiary/aromatic N) is 7. The molecule has 1 saturated heterocycles. The molecule has 0 aromatic carbocycles. The fourth-order valence-corrected chi connectivity index (χ4v) is 2.91. The van der Waals surface area contributed by atoms with Crippen LogP contribution in [0, 0.1) is 0 Å². The fraction of sp³-hybridized carbons (Fsp3) is 0.316. The summed E-state index contributed by atoms with van der Waals surface area (Å²) in [7, 11) is 3.45. The minimum atomic E-state index is -0.436. The van der Waals surface area contributed by atoms with Crippen LogP contribution in [-0.4, -0.2) is 65.0 Å². The minimum Gasteiger partial charge on any atom is -0.327 e. The smallest absolute Gasteiger partial charge is 0.325 e.